The summed E-state index contributed by atoms with van der Waals surface area (Å²) in [5, 5.41) is 5.99. The van der Waals surface area contributed by atoms with Gasteiger partial charge in [0.15, 0.2) is 0 Å². The first-order valence-electron chi connectivity index (χ1n) is 10.7. The molecule has 33 heavy (non-hydrogen) atoms. The first kappa shape index (κ1) is 23.0. The molecular formula is C23H24ClFN6O2. The molecule has 172 valence electrons. The first-order chi connectivity index (χ1) is 16.1. The number of carbonyl (C=O) groups is 1. The highest BCUT2D eigenvalue weighted by atomic mass is 35.5. The number of rotatable bonds is 8. The van der Waals surface area contributed by atoms with E-state index in [0.717, 1.165) is 50.9 Å². The number of amides is 1. The Morgan fingerprint density at radius 1 is 1.18 bits per heavy atom. The molecule has 0 atom stereocenters. The van der Waals surface area contributed by atoms with Gasteiger partial charge in [-0.15, -0.1) is 0 Å². The highest BCUT2D eigenvalue weighted by Crippen LogP contribution is 2.23. The van der Waals surface area contributed by atoms with E-state index >= 15 is 0 Å². The summed E-state index contributed by atoms with van der Waals surface area (Å²) in [7, 11) is 0. The van der Waals surface area contributed by atoms with Crippen molar-refractivity contribution < 1.29 is 13.9 Å². The van der Waals surface area contributed by atoms with E-state index in [2.05, 4.69) is 30.5 Å². The zero-order valence-corrected chi connectivity index (χ0v) is 18.7. The van der Waals surface area contributed by atoms with E-state index < -0.39 is 11.7 Å². The molecule has 10 heteroatoms. The molecule has 1 fully saturated rings. The summed E-state index contributed by atoms with van der Waals surface area (Å²) in [5.74, 6) is -0.320. The summed E-state index contributed by atoms with van der Waals surface area (Å²) in [6.45, 7) is 5.04. The van der Waals surface area contributed by atoms with Crippen LogP contribution >= 0.6 is 11.6 Å². The number of morpholine rings is 1. The Morgan fingerprint density at radius 3 is 2.79 bits per heavy atom. The van der Waals surface area contributed by atoms with Crippen LogP contribution in [0.5, 0.6) is 0 Å². The second-order valence-electron chi connectivity index (χ2n) is 7.52. The molecule has 3 aromatic rings. The number of hydrogen-bond donors (Lipinski definition) is 2. The number of hydrogen-bond acceptors (Lipinski definition) is 7. The number of nitrogens with zero attached hydrogens (tertiary/aromatic N) is 4. The summed E-state index contributed by atoms with van der Waals surface area (Å²) < 4.78 is 18.7. The second kappa shape index (κ2) is 11.1. The largest absolute Gasteiger partial charge is 0.379 e. The number of halogens is 2. The highest BCUT2D eigenvalue weighted by Gasteiger charge is 2.15. The highest BCUT2D eigenvalue weighted by molar-refractivity contribution is 6.34. The molecule has 1 aliphatic rings. The number of benzene rings is 1. The summed E-state index contributed by atoms with van der Waals surface area (Å²) in [5.41, 5.74) is 1.54. The van der Waals surface area contributed by atoms with Gasteiger partial charge in [0.25, 0.3) is 5.91 Å². The van der Waals surface area contributed by atoms with Crippen molar-refractivity contribution in [1.29, 1.82) is 0 Å². The van der Waals surface area contributed by atoms with Crippen molar-refractivity contribution >= 4 is 29.3 Å². The van der Waals surface area contributed by atoms with E-state index in [1.54, 1.807) is 18.5 Å². The van der Waals surface area contributed by atoms with E-state index in [9.17, 15) is 9.18 Å². The van der Waals surface area contributed by atoms with Gasteiger partial charge in [-0.1, -0.05) is 11.6 Å². The lowest BCUT2D eigenvalue weighted by Gasteiger charge is -2.26. The smallest absolute Gasteiger partial charge is 0.258 e. The van der Waals surface area contributed by atoms with Gasteiger partial charge in [-0.05, 0) is 43.3 Å². The molecule has 0 bridgehead atoms. The quantitative estimate of drug-likeness (QED) is 0.485. The summed E-state index contributed by atoms with van der Waals surface area (Å²) >= 11 is 6.03. The van der Waals surface area contributed by atoms with Crippen LogP contribution in [0.25, 0.3) is 11.3 Å². The maximum Gasteiger partial charge on any atom is 0.258 e. The van der Waals surface area contributed by atoms with E-state index in [1.807, 2.05) is 12.1 Å². The molecule has 2 N–H and O–H groups in total. The Labute approximate surface area is 196 Å². The van der Waals surface area contributed by atoms with Crippen LogP contribution in [0.1, 0.15) is 16.8 Å². The van der Waals surface area contributed by atoms with E-state index in [-0.39, 0.29) is 10.6 Å². The lowest BCUT2D eigenvalue weighted by molar-refractivity contribution is 0.0378. The third-order valence-corrected chi connectivity index (χ3v) is 5.45. The fourth-order valence-corrected chi connectivity index (χ4v) is 3.69. The topological polar surface area (TPSA) is 92.3 Å². The number of pyridine rings is 1. The number of nitrogens with one attached hydrogen (secondary N) is 2. The van der Waals surface area contributed by atoms with Crippen LogP contribution in [0.2, 0.25) is 5.02 Å². The lowest BCUT2D eigenvalue weighted by Crippen LogP contribution is -2.37. The van der Waals surface area contributed by atoms with Gasteiger partial charge in [0.1, 0.15) is 11.6 Å². The number of ether oxygens (including phenoxy) is 1. The number of aromatic nitrogens is 3. The fourth-order valence-electron chi connectivity index (χ4n) is 3.44. The van der Waals surface area contributed by atoms with Gasteiger partial charge in [0, 0.05) is 43.7 Å². The minimum Gasteiger partial charge on any atom is -0.379 e. The van der Waals surface area contributed by atoms with Crippen molar-refractivity contribution in [2.75, 3.05) is 50.0 Å². The van der Waals surface area contributed by atoms with Crippen molar-refractivity contribution in [3.63, 3.8) is 0 Å². The average Bonchev–Trinajstić information content (AvgIpc) is 2.83. The van der Waals surface area contributed by atoms with E-state index in [0.29, 0.717) is 24.0 Å². The minimum absolute atomic E-state index is 0.0236. The van der Waals surface area contributed by atoms with Crippen molar-refractivity contribution in [2.45, 2.75) is 6.42 Å². The summed E-state index contributed by atoms with van der Waals surface area (Å²) in [6, 6.07) is 8.96. The van der Waals surface area contributed by atoms with Crippen molar-refractivity contribution in [3.8, 4) is 11.3 Å². The van der Waals surface area contributed by atoms with Gasteiger partial charge in [0.2, 0.25) is 5.95 Å². The summed E-state index contributed by atoms with van der Waals surface area (Å²) in [4.78, 5) is 28.2. The molecule has 4 rings (SSSR count). The Hall–Kier alpha value is -3.14. The van der Waals surface area contributed by atoms with Gasteiger partial charge in [0.05, 0.1) is 29.5 Å². The molecule has 0 aliphatic carbocycles. The Kier molecular flexibility index (Phi) is 7.77. The molecule has 8 nitrogen and oxygen atoms in total. The standard InChI is InChI=1S/C23H24ClFN6O2/c24-19-13-17(25)4-5-18(19)22(32)29-21-14-20(16-3-1-6-26-15-16)28-23(30-21)27-7-2-8-31-9-11-33-12-10-31/h1,3-6,13-15H,2,7-12H2,(H2,27,28,29,30,32). The molecule has 0 spiro atoms. The van der Waals surface area contributed by atoms with Gasteiger partial charge < -0.3 is 15.4 Å². The van der Waals surface area contributed by atoms with Crippen LogP contribution in [-0.4, -0.2) is 65.2 Å². The molecule has 1 amide bonds. The summed E-state index contributed by atoms with van der Waals surface area (Å²) in [6.07, 6.45) is 4.27. The Balaban J connectivity index is 1.48. The number of carbonyl (C=O) groups excluding carboxylic acids is 1. The minimum atomic E-state index is -0.513. The predicted molar refractivity (Wildman–Crippen MR) is 125 cm³/mol. The molecule has 0 radical (unpaired) electrons. The second-order valence-corrected chi connectivity index (χ2v) is 7.92. The molecule has 1 aliphatic heterocycles. The lowest BCUT2D eigenvalue weighted by atomic mass is 10.2. The third-order valence-electron chi connectivity index (χ3n) is 5.14. The molecule has 0 unspecified atom stereocenters. The van der Waals surface area contributed by atoms with E-state index in [1.165, 1.54) is 12.1 Å². The van der Waals surface area contributed by atoms with Gasteiger partial charge in [-0.3, -0.25) is 14.7 Å². The van der Waals surface area contributed by atoms with Gasteiger partial charge in [-0.25, -0.2) is 9.37 Å². The van der Waals surface area contributed by atoms with Crippen molar-refractivity contribution in [3.05, 3.63) is 65.2 Å². The van der Waals surface area contributed by atoms with Crippen molar-refractivity contribution in [2.24, 2.45) is 0 Å². The van der Waals surface area contributed by atoms with Gasteiger partial charge >= 0.3 is 0 Å². The SMILES string of the molecule is O=C(Nc1cc(-c2cccnc2)nc(NCCCN2CCOCC2)n1)c1ccc(F)cc1Cl. The van der Waals surface area contributed by atoms with Crippen molar-refractivity contribution in [1.82, 2.24) is 19.9 Å². The molecular weight excluding hydrogens is 447 g/mol. The number of anilines is 2. The fraction of sp³-hybridized carbons (Fsp3) is 0.304. The van der Waals surface area contributed by atoms with Crippen LogP contribution < -0.4 is 10.6 Å². The monoisotopic (exact) mass is 470 g/mol. The maximum absolute atomic E-state index is 13.3. The molecule has 1 saturated heterocycles. The molecule has 0 saturated carbocycles. The predicted octanol–water partition coefficient (Wildman–Crippen LogP) is 3.72. The Morgan fingerprint density at radius 2 is 2.03 bits per heavy atom. The molecule has 2 aromatic heterocycles. The Bertz CT molecular complexity index is 1100. The van der Waals surface area contributed by atoms with Crippen LogP contribution in [0.3, 0.4) is 0 Å². The molecule has 1 aromatic carbocycles. The zero-order valence-electron chi connectivity index (χ0n) is 17.9. The van der Waals surface area contributed by atoms with Crippen LogP contribution in [0, 0.1) is 5.82 Å². The van der Waals surface area contributed by atoms with Gasteiger partial charge in [-0.2, -0.15) is 4.98 Å². The third kappa shape index (κ3) is 6.44. The zero-order chi connectivity index (χ0) is 23.0. The first-order valence-corrected chi connectivity index (χ1v) is 11.1. The normalized spacial score (nSPS) is 14.1. The van der Waals surface area contributed by atoms with Crippen LogP contribution in [-0.2, 0) is 4.74 Å². The van der Waals surface area contributed by atoms with Crippen LogP contribution in [0.15, 0.2) is 48.8 Å². The molecule has 3 heterocycles. The van der Waals surface area contributed by atoms with E-state index in [4.69, 9.17) is 16.3 Å². The maximum atomic E-state index is 13.3. The average molecular weight is 471 g/mol. The van der Waals surface area contributed by atoms with Crippen LogP contribution in [0.4, 0.5) is 16.2 Å².